The van der Waals surface area contributed by atoms with Crippen LogP contribution in [0.5, 0.6) is 5.75 Å². The van der Waals surface area contributed by atoms with Crippen molar-refractivity contribution in [3.63, 3.8) is 0 Å². The highest BCUT2D eigenvalue weighted by molar-refractivity contribution is 5.68. The van der Waals surface area contributed by atoms with Crippen molar-refractivity contribution in [2.24, 2.45) is 5.92 Å². The molecule has 2 aliphatic rings. The molecule has 2 aromatic heterocycles. The summed E-state index contributed by atoms with van der Waals surface area (Å²) in [6.07, 6.45) is 5.25. The van der Waals surface area contributed by atoms with E-state index in [0.29, 0.717) is 11.7 Å². The smallest absolute Gasteiger partial charge is 0.248 e. The minimum atomic E-state index is -1.90. The van der Waals surface area contributed by atoms with Gasteiger partial charge in [0.15, 0.2) is 6.17 Å². The molecule has 36 heavy (non-hydrogen) atoms. The van der Waals surface area contributed by atoms with E-state index in [4.69, 9.17) is 0 Å². The lowest BCUT2D eigenvalue weighted by molar-refractivity contribution is 0.0589. The summed E-state index contributed by atoms with van der Waals surface area (Å²) in [6, 6.07) is 7.87. The molecule has 5 rings (SSSR count). The van der Waals surface area contributed by atoms with E-state index in [-0.39, 0.29) is 39.2 Å². The number of benzene rings is 1. The molecule has 1 aromatic carbocycles. The number of anilines is 1. The van der Waals surface area contributed by atoms with Crippen LogP contribution in [0.15, 0.2) is 47.4 Å². The molecule has 2 saturated heterocycles. The molecule has 0 spiro atoms. The van der Waals surface area contributed by atoms with E-state index in [1.165, 1.54) is 31.5 Å². The lowest BCUT2D eigenvalue weighted by Gasteiger charge is -2.53. The molecule has 4 N–H and O–H groups in total. The molecule has 3 atom stereocenters. The summed E-state index contributed by atoms with van der Waals surface area (Å²) < 4.78 is 29.7. The number of phenols is 1. The van der Waals surface area contributed by atoms with Gasteiger partial charge >= 0.3 is 0 Å². The van der Waals surface area contributed by atoms with Gasteiger partial charge in [0.05, 0.1) is 5.69 Å². The largest absolute Gasteiger partial charge is 0.507 e. The fourth-order valence-electron chi connectivity index (χ4n) is 6.11. The third kappa shape index (κ3) is 4.97. The van der Waals surface area contributed by atoms with Crippen LogP contribution in [0.25, 0.3) is 11.3 Å². The molecular weight excluding hydrogens is 464 g/mol. The topological polar surface area (TPSA) is 103 Å². The molecule has 0 amide bonds. The van der Waals surface area contributed by atoms with Crippen LogP contribution in [0.1, 0.15) is 63.3 Å². The number of halogens is 2. The fourth-order valence-corrected chi connectivity index (χ4v) is 6.11. The van der Waals surface area contributed by atoms with Crippen LogP contribution in [-0.4, -0.2) is 37.9 Å². The van der Waals surface area contributed by atoms with E-state index in [1.54, 1.807) is 12.1 Å². The minimum absolute atomic E-state index is 0.000354. The number of phenolic OH excluding ortho intramolecular Hbond substituents is 1. The minimum Gasteiger partial charge on any atom is -0.507 e. The van der Waals surface area contributed by atoms with Gasteiger partial charge in [0.2, 0.25) is 5.56 Å². The van der Waals surface area contributed by atoms with E-state index < -0.39 is 17.5 Å². The van der Waals surface area contributed by atoms with Gasteiger partial charge in [-0.1, -0.05) is 0 Å². The maximum atomic E-state index is 14.9. The quantitative estimate of drug-likeness (QED) is 0.390. The number of aromatic nitrogens is 3. The van der Waals surface area contributed by atoms with Crippen molar-refractivity contribution in [2.45, 2.75) is 63.2 Å². The highest BCUT2D eigenvalue weighted by atomic mass is 19.1. The zero-order chi connectivity index (χ0) is 25.5. The van der Waals surface area contributed by atoms with Crippen molar-refractivity contribution < 1.29 is 13.9 Å². The van der Waals surface area contributed by atoms with Gasteiger partial charge in [-0.05, 0) is 87.8 Å². The zero-order valence-electron chi connectivity index (χ0n) is 20.4. The maximum absolute atomic E-state index is 14.9. The van der Waals surface area contributed by atoms with Crippen LogP contribution >= 0.6 is 0 Å². The molecule has 7 nitrogen and oxygen atoms in total. The Bertz CT molecular complexity index is 1300. The van der Waals surface area contributed by atoms with Gasteiger partial charge in [0.1, 0.15) is 17.4 Å². The molecule has 0 saturated carbocycles. The van der Waals surface area contributed by atoms with Gasteiger partial charge in [-0.3, -0.25) is 4.79 Å². The van der Waals surface area contributed by atoms with Crippen molar-refractivity contribution in [1.82, 2.24) is 20.5 Å². The average Bonchev–Trinajstić information content (AvgIpc) is 2.82. The number of rotatable bonds is 6. The molecule has 9 heteroatoms. The molecule has 3 aromatic rings. The molecule has 3 unspecified atom stereocenters. The Morgan fingerprint density at radius 2 is 1.89 bits per heavy atom. The lowest BCUT2D eigenvalue weighted by atomic mass is 9.67. The van der Waals surface area contributed by atoms with Crippen molar-refractivity contribution in [3.05, 3.63) is 69.9 Å². The molecule has 2 fully saturated rings. The highest BCUT2D eigenvalue weighted by Gasteiger charge is 2.45. The number of fused-ring (bicyclic) bond motifs is 2. The predicted molar refractivity (Wildman–Crippen MR) is 134 cm³/mol. The summed E-state index contributed by atoms with van der Waals surface area (Å²) in [5, 5.41) is 26.1. The molecule has 190 valence electrons. The SMILES string of the molecule is CC12CCCC(C)(CC(CNc3ccc(-c4cc(F)c(C(F)c5cc[nH]c(=O)c5)cc4O)nn3)C1)N2. The predicted octanol–water partition coefficient (Wildman–Crippen LogP) is 4.85. The third-order valence-electron chi connectivity index (χ3n) is 7.53. The number of pyridine rings is 1. The first-order valence-corrected chi connectivity index (χ1v) is 12.4. The number of hydrogen-bond donors (Lipinski definition) is 4. The second-order valence-electron chi connectivity index (χ2n) is 10.8. The molecule has 0 radical (unpaired) electrons. The molecule has 2 aliphatic heterocycles. The first kappa shape index (κ1) is 24.4. The van der Waals surface area contributed by atoms with Gasteiger partial charge in [-0.25, -0.2) is 8.78 Å². The standard InChI is InChI=1S/C27H31F2N5O2/c1-26-7-3-8-27(2,34-26)14-16(13-26)15-31-23-5-4-21(32-33-23)19-11-20(28)18(12-22(19)35)25(29)17-6-9-30-24(36)10-17/h4-6,9-12,16,25,34-35H,3,7-8,13-15H2,1-2H3,(H,30,36)(H,31,33). The number of aromatic amines is 1. The summed E-state index contributed by atoms with van der Waals surface area (Å²) >= 11 is 0. The molecule has 4 heterocycles. The Kier molecular flexibility index (Phi) is 6.28. The Morgan fingerprint density at radius 3 is 2.56 bits per heavy atom. The second-order valence-corrected chi connectivity index (χ2v) is 10.8. The monoisotopic (exact) mass is 495 g/mol. The molecule has 0 aliphatic carbocycles. The van der Waals surface area contributed by atoms with Crippen LogP contribution in [-0.2, 0) is 0 Å². The van der Waals surface area contributed by atoms with Crippen molar-refractivity contribution >= 4 is 5.82 Å². The number of piperidine rings is 2. The highest BCUT2D eigenvalue weighted by Crippen LogP contribution is 2.42. The summed E-state index contributed by atoms with van der Waals surface area (Å²) in [5.74, 6) is -0.0512. The van der Waals surface area contributed by atoms with Crippen LogP contribution in [0.4, 0.5) is 14.6 Å². The Morgan fingerprint density at radius 1 is 1.14 bits per heavy atom. The van der Waals surface area contributed by atoms with Gasteiger partial charge in [-0.15, -0.1) is 10.2 Å². The first-order valence-electron chi connectivity index (χ1n) is 12.4. The number of nitrogens with zero attached hydrogens (tertiary/aromatic N) is 2. The average molecular weight is 496 g/mol. The number of alkyl halides is 1. The van der Waals surface area contributed by atoms with Gasteiger partial charge < -0.3 is 20.7 Å². The van der Waals surface area contributed by atoms with Crippen LogP contribution in [0, 0.1) is 11.7 Å². The van der Waals surface area contributed by atoms with E-state index in [1.807, 2.05) is 0 Å². The first-order chi connectivity index (χ1) is 17.1. The summed E-state index contributed by atoms with van der Waals surface area (Å²) in [5.41, 5.74) is -0.118. The zero-order valence-corrected chi connectivity index (χ0v) is 20.4. The summed E-state index contributed by atoms with van der Waals surface area (Å²) in [7, 11) is 0. The molecular formula is C27H31F2N5O2. The van der Waals surface area contributed by atoms with Crippen molar-refractivity contribution in [2.75, 3.05) is 11.9 Å². The van der Waals surface area contributed by atoms with E-state index >= 15 is 0 Å². The second kappa shape index (κ2) is 9.28. The van der Waals surface area contributed by atoms with Crippen molar-refractivity contribution in [3.8, 4) is 17.0 Å². The normalized spacial score (nSPS) is 26.4. The number of nitrogens with one attached hydrogen (secondary N) is 3. The van der Waals surface area contributed by atoms with Crippen molar-refractivity contribution in [1.29, 1.82) is 0 Å². The van der Waals surface area contributed by atoms with Crippen LogP contribution in [0.3, 0.4) is 0 Å². The van der Waals surface area contributed by atoms with Gasteiger partial charge in [0, 0.05) is 41.0 Å². The van der Waals surface area contributed by atoms with Crippen LogP contribution < -0.4 is 16.2 Å². The summed E-state index contributed by atoms with van der Waals surface area (Å²) in [6.45, 7) is 5.41. The summed E-state index contributed by atoms with van der Waals surface area (Å²) in [4.78, 5) is 13.9. The van der Waals surface area contributed by atoms with Crippen LogP contribution in [0.2, 0.25) is 0 Å². The third-order valence-corrected chi connectivity index (χ3v) is 7.53. The Hall–Kier alpha value is -3.33. The number of aromatic hydroxyl groups is 1. The molecule has 2 bridgehead atoms. The number of H-pyrrole nitrogens is 1. The van der Waals surface area contributed by atoms with E-state index in [9.17, 15) is 18.7 Å². The number of hydrogen-bond acceptors (Lipinski definition) is 6. The Labute approximate surface area is 208 Å². The van der Waals surface area contributed by atoms with E-state index in [0.717, 1.165) is 37.6 Å². The lowest BCUT2D eigenvalue weighted by Crippen LogP contribution is -2.63. The van der Waals surface area contributed by atoms with Gasteiger partial charge in [0.25, 0.3) is 0 Å². The Balaban J connectivity index is 1.28. The van der Waals surface area contributed by atoms with E-state index in [2.05, 4.69) is 39.7 Å². The fraction of sp³-hybridized carbons (Fsp3) is 0.444. The van der Waals surface area contributed by atoms with Gasteiger partial charge in [-0.2, -0.15) is 0 Å². The maximum Gasteiger partial charge on any atom is 0.248 e.